The van der Waals surface area contributed by atoms with Gasteiger partial charge < -0.3 is 10.0 Å². The predicted molar refractivity (Wildman–Crippen MR) is 59.6 cm³/mol. The number of carbonyl (C=O) groups excluding carboxylic acids is 1. The van der Waals surface area contributed by atoms with Crippen molar-refractivity contribution in [1.29, 1.82) is 0 Å². The van der Waals surface area contributed by atoms with Gasteiger partial charge in [0.05, 0.1) is 0 Å². The van der Waals surface area contributed by atoms with E-state index in [0.29, 0.717) is 12.5 Å². The molecule has 0 aromatic carbocycles. The summed E-state index contributed by atoms with van der Waals surface area (Å²) in [5.41, 5.74) is 0. The van der Waals surface area contributed by atoms with Crippen molar-refractivity contribution in [2.45, 2.75) is 12.8 Å². The summed E-state index contributed by atoms with van der Waals surface area (Å²) < 4.78 is 0. The fourth-order valence-electron chi connectivity index (χ4n) is 1.24. The van der Waals surface area contributed by atoms with Gasteiger partial charge in [0.1, 0.15) is 6.54 Å². The van der Waals surface area contributed by atoms with Crippen molar-refractivity contribution in [3.05, 3.63) is 11.5 Å². The van der Waals surface area contributed by atoms with E-state index in [2.05, 4.69) is 0 Å². The third-order valence-corrected chi connectivity index (χ3v) is 2.57. The Morgan fingerprint density at radius 1 is 1.53 bits per heavy atom. The summed E-state index contributed by atoms with van der Waals surface area (Å²) in [7, 11) is 0. The SMILES string of the molecule is CS/C=C/C(=O)N(CC(=O)O)CC1CC1. The van der Waals surface area contributed by atoms with Crippen molar-refractivity contribution in [2.75, 3.05) is 19.3 Å². The molecule has 0 aliphatic heterocycles. The molecule has 0 bridgehead atoms. The normalized spacial score (nSPS) is 15.5. The Balaban J connectivity index is 2.48. The average molecular weight is 229 g/mol. The lowest BCUT2D eigenvalue weighted by atomic mass is 10.3. The average Bonchev–Trinajstić information content (AvgIpc) is 2.96. The number of nitrogens with zero attached hydrogens (tertiary/aromatic N) is 1. The van der Waals surface area contributed by atoms with Gasteiger partial charge in [-0.25, -0.2) is 0 Å². The van der Waals surface area contributed by atoms with Gasteiger partial charge >= 0.3 is 5.97 Å². The first-order valence-corrected chi connectivity index (χ1v) is 6.12. The Morgan fingerprint density at radius 2 is 2.20 bits per heavy atom. The molecule has 0 unspecified atom stereocenters. The Kier molecular flexibility index (Phi) is 4.68. The fraction of sp³-hybridized carbons (Fsp3) is 0.600. The van der Waals surface area contributed by atoms with E-state index in [0.717, 1.165) is 12.8 Å². The summed E-state index contributed by atoms with van der Waals surface area (Å²) >= 11 is 1.43. The Labute approximate surface area is 93.3 Å². The fourth-order valence-corrected chi connectivity index (χ4v) is 1.49. The number of hydrogen-bond acceptors (Lipinski definition) is 3. The molecule has 5 heteroatoms. The molecule has 4 nitrogen and oxygen atoms in total. The lowest BCUT2D eigenvalue weighted by Crippen LogP contribution is -2.36. The first kappa shape index (κ1) is 12.1. The van der Waals surface area contributed by atoms with E-state index in [1.165, 1.54) is 22.7 Å². The van der Waals surface area contributed by atoms with Crippen molar-refractivity contribution in [3.8, 4) is 0 Å². The molecular formula is C10H15NO3S. The third-order valence-electron chi connectivity index (χ3n) is 2.16. The van der Waals surface area contributed by atoms with Crippen molar-refractivity contribution < 1.29 is 14.7 Å². The highest BCUT2D eigenvalue weighted by Gasteiger charge is 2.26. The minimum Gasteiger partial charge on any atom is -0.480 e. The van der Waals surface area contributed by atoms with E-state index >= 15 is 0 Å². The van der Waals surface area contributed by atoms with E-state index in [1.807, 2.05) is 6.26 Å². The van der Waals surface area contributed by atoms with Crippen LogP contribution in [-0.2, 0) is 9.59 Å². The largest absolute Gasteiger partial charge is 0.480 e. The summed E-state index contributed by atoms with van der Waals surface area (Å²) in [6.07, 6.45) is 5.49. The summed E-state index contributed by atoms with van der Waals surface area (Å²) in [6, 6.07) is 0. The van der Waals surface area contributed by atoms with Crippen LogP contribution in [-0.4, -0.2) is 41.2 Å². The maximum atomic E-state index is 11.6. The molecule has 1 N–H and O–H groups in total. The number of amides is 1. The molecule has 1 fully saturated rings. The molecule has 15 heavy (non-hydrogen) atoms. The Hall–Kier alpha value is -0.970. The molecule has 0 aromatic rings. The molecule has 1 saturated carbocycles. The molecule has 0 atom stereocenters. The van der Waals surface area contributed by atoms with Crippen LogP contribution < -0.4 is 0 Å². The van der Waals surface area contributed by atoms with Gasteiger partial charge in [-0.1, -0.05) is 0 Å². The number of thioether (sulfide) groups is 1. The number of carboxylic acids is 1. The summed E-state index contributed by atoms with van der Waals surface area (Å²) in [6.45, 7) is 0.373. The van der Waals surface area contributed by atoms with Crippen LogP contribution >= 0.6 is 11.8 Å². The molecule has 0 saturated heterocycles. The zero-order valence-corrected chi connectivity index (χ0v) is 9.50. The van der Waals surface area contributed by atoms with Crippen LogP contribution in [0.5, 0.6) is 0 Å². The first-order valence-electron chi connectivity index (χ1n) is 4.83. The lowest BCUT2D eigenvalue weighted by Gasteiger charge is -2.18. The van der Waals surface area contributed by atoms with Crippen molar-refractivity contribution >= 4 is 23.6 Å². The minimum atomic E-state index is -0.957. The molecule has 1 rings (SSSR count). The molecule has 1 amide bonds. The first-order chi connectivity index (χ1) is 7.13. The van der Waals surface area contributed by atoms with Gasteiger partial charge in [-0.15, -0.1) is 11.8 Å². The van der Waals surface area contributed by atoms with E-state index in [1.54, 1.807) is 5.41 Å². The molecule has 0 heterocycles. The van der Waals surface area contributed by atoms with E-state index in [-0.39, 0.29) is 12.5 Å². The number of hydrogen-bond donors (Lipinski definition) is 1. The van der Waals surface area contributed by atoms with Gasteiger partial charge in [-0.05, 0) is 30.4 Å². The van der Waals surface area contributed by atoms with Gasteiger partial charge in [0.15, 0.2) is 0 Å². The van der Waals surface area contributed by atoms with E-state index < -0.39 is 5.97 Å². The zero-order valence-electron chi connectivity index (χ0n) is 8.68. The highest BCUT2D eigenvalue weighted by atomic mass is 32.2. The predicted octanol–water partition coefficient (Wildman–Crippen LogP) is 1.19. The number of carboxylic acid groups (broad SMARTS) is 1. The van der Waals surface area contributed by atoms with Crippen LogP contribution in [0.2, 0.25) is 0 Å². The smallest absolute Gasteiger partial charge is 0.323 e. The van der Waals surface area contributed by atoms with Crippen LogP contribution in [0.15, 0.2) is 11.5 Å². The van der Waals surface area contributed by atoms with Gasteiger partial charge in [0.2, 0.25) is 5.91 Å². The maximum Gasteiger partial charge on any atom is 0.323 e. The van der Waals surface area contributed by atoms with E-state index in [4.69, 9.17) is 5.11 Å². The monoisotopic (exact) mass is 229 g/mol. The van der Waals surface area contributed by atoms with Gasteiger partial charge in [0, 0.05) is 12.6 Å². The summed E-state index contributed by atoms with van der Waals surface area (Å²) in [5.74, 6) is -0.656. The van der Waals surface area contributed by atoms with Crippen molar-refractivity contribution in [1.82, 2.24) is 4.90 Å². The van der Waals surface area contributed by atoms with Crippen LogP contribution in [0.3, 0.4) is 0 Å². The molecule has 0 radical (unpaired) electrons. The number of carbonyl (C=O) groups is 2. The van der Waals surface area contributed by atoms with Crippen LogP contribution in [0.25, 0.3) is 0 Å². The third kappa shape index (κ3) is 4.88. The lowest BCUT2D eigenvalue weighted by molar-refractivity contribution is -0.142. The molecular weight excluding hydrogens is 214 g/mol. The van der Waals surface area contributed by atoms with Crippen molar-refractivity contribution in [3.63, 3.8) is 0 Å². The second-order valence-corrected chi connectivity index (χ2v) is 4.34. The topological polar surface area (TPSA) is 57.6 Å². The van der Waals surface area contributed by atoms with Crippen LogP contribution in [0.4, 0.5) is 0 Å². The Bertz CT molecular complexity index is 274. The second-order valence-electron chi connectivity index (χ2n) is 3.59. The molecule has 84 valence electrons. The highest BCUT2D eigenvalue weighted by Crippen LogP contribution is 2.29. The van der Waals surface area contributed by atoms with Gasteiger partial charge in [-0.3, -0.25) is 9.59 Å². The molecule has 0 spiro atoms. The molecule has 0 aromatic heterocycles. The summed E-state index contributed by atoms with van der Waals surface area (Å²) in [4.78, 5) is 23.5. The second kappa shape index (κ2) is 5.80. The Morgan fingerprint density at radius 3 is 2.67 bits per heavy atom. The van der Waals surface area contributed by atoms with Crippen LogP contribution in [0, 0.1) is 5.92 Å². The van der Waals surface area contributed by atoms with Gasteiger partial charge in [0.25, 0.3) is 0 Å². The summed E-state index contributed by atoms with van der Waals surface area (Å²) in [5, 5.41) is 10.3. The number of rotatable bonds is 6. The van der Waals surface area contributed by atoms with Crippen molar-refractivity contribution in [2.24, 2.45) is 5.92 Å². The molecule has 1 aliphatic rings. The molecule has 1 aliphatic carbocycles. The van der Waals surface area contributed by atoms with Gasteiger partial charge in [-0.2, -0.15) is 0 Å². The minimum absolute atomic E-state index is 0.200. The number of aliphatic carboxylic acids is 1. The quantitative estimate of drug-likeness (QED) is 0.695. The van der Waals surface area contributed by atoms with E-state index in [9.17, 15) is 9.59 Å². The standard InChI is InChI=1S/C10H15NO3S/c1-15-5-4-9(12)11(7-10(13)14)6-8-2-3-8/h4-5,8H,2-3,6-7H2,1H3,(H,13,14)/b5-4+. The van der Waals surface area contributed by atoms with Crippen LogP contribution in [0.1, 0.15) is 12.8 Å². The maximum absolute atomic E-state index is 11.6. The highest BCUT2D eigenvalue weighted by molar-refractivity contribution is 8.01. The zero-order chi connectivity index (χ0) is 11.3.